The lowest BCUT2D eigenvalue weighted by Gasteiger charge is -2.12. The molecule has 32 heavy (non-hydrogen) atoms. The third kappa shape index (κ3) is 5.12. The van der Waals surface area contributed by atoms with Crippen LogP contribution in [0.4, 0.5) is 0 Å². The Morgan fingerprint density at radius 2 is 2.09 bits per heavy atom. The van der Waals surface area contributed by atoms with Gasteiger partial charge in [-0.15, -0.1) is 11.3 Å². The van der Waals surface area contributed by atoms with E-state index in [0.717, 1.165) is 4.88 Å². The monoisotopic (exact) mass is 487 g/mol. The van der Waals surface area contributed by atoms with Gasteiger partial charge in [-0.1, -0.05) is 23.4 Å². The molecule has 0 spiro atoms. The number of thiophene rings is 1. The number of fused-ring (bicyclic) bond motifs is 1. The molecule has 10 heteroatoms. The number of furan rings is 1. The number of hydrogen-bond donors (Lipinski definition) is 1. The number of Topliss-reactive ketones (excluding diaryl/α,β-unsaturated/α-hetero) is 1. The molecule has 0 bridgehead atoms. The number of hydrogen-bond acceptors (Lipinski definition) is 7. The summed E-state index contributed by atoms with van der Waals surface area (Å²) >= 11 is 8.61. The van der Waals surface area contributed by atoms with Gasteiger partial charge in [0.25, 0.3) is 5.56 Å². The van der Waals surface area contributed by atoms with E-state index in [1.165, 1.54) is 34.6 Å². The number of carbonyl (C=O) groups excluding carboxylic acids is 2. The van der Waals surface area contributed by atoms with E-state index in [2.05, 4.69) is 10.3 Å². The highest BCUT2D eigenvalue weighted by Crippen LogP contribution is 2.24. The normalized spacial score (nSPS) is 11.1. The van der Waals surface area contributed by atoms with E-state index in [-0.39, 0.29) is 29.5 Å². The Labute approximate surface area is 196 Å². The van der Waals surface area contributed by atoms with Crippen LogP contribution in [-0.4, -0.2) is 27.0 Å². The fourth-order valence-corrected chi connectivity index (χ4v) is 5.04. The second-order valence-corrected chi connectivity index (χ2v) is 9.46. The van der Waals surface area contributed by atoms with Crippen LogP contribution in [0.5, 0.6) is 0 Å². The summed E-state index contributed by atoms with van der Waals surface area (Å²) in [5.74, 6) is 0.505. The van der Waals surface area contributed by atoms with Gasteiger partial charge in [0.15, 0.2) is 10.9 Å². The summed E-state index contributed by atoms with van der Waals surface area (Å²) in [6, 6.07) is 12.0. The number of thioether (sulfide) groups is 1. The number of halogens is 1. The van der Waals surface area contributed by atoms with Crippen molar-refractivity contribution >= 4 is 57.3 Å². The van der Waals surface area contributed by atoms with Crippen molar-refractivity contribution in [1.82, 2.24) is 14.9 Å². The molecule has 0 saturated heterocycles. The summed E-state index contributed by atoms with van der Waals surface area (Å²) in [5.41, 5.74) is 0.244. The molecule has 0 atom stereocenters. The number of carbonyl (C=O) groups is 2. The molecule has 0 fully saturated rings. The molecule has 0 aliphatic rings. The molecule has 0 unspecified atom stereocenters. The van der Waals surface area contributed by atoms with Crippen molar-refractivity contribution in [3.05, 3.63) is 79.6 Å². The van der Waals surface area contributed by atoms with Crippen molar-refractivity contribution in [3.63, 3.8) is 0 Å². The van der Waals surface area contributed by atoms with Gasteiger partial charge in [0.2, 0.25) is 5.91 Å². The molecule has 3 aromatic heterocycles. The minimum Gasteiger partial charge on any atom is -0.467 e. The van der Waals surface area contributed by atoms with Crippen LogP contribution in [-0.2, 0) is 17.9 Å². The smallest absolute Gasteiger partial charge is 0.262 e. The highest BCUT2D eigenvalue weighted by Gasteiger charge is 2.17. The first kappa shape index (κ1) is 22.3. The zero-order valence-electron chi connectivity index (χ0n) is 17.0. The van der Waals surface area contributed by atoms with Crippen LogP contribution in [0.2, 0.25) is 5.02 Å². The number of nitrogens with one attached hydrogen (secondary N) is 1. The highest BCUT2D eigenvalue weighted by atomic mass is 35.5. The molecule has 0 aliphatic carbocycles. The van der Waals surface area contributed by atoms with Crippen LogP contribution in [0, 0.1) is 0 Å². The third-order valence-corrected chi connectivity index (χ3v) is 6.89. The summed E-state index contributed by atoms with van der Waals surface area (Å²) in [5, 5.41) is 4.04. The molecule has 0 saturated carbocycles. The molecule has 0 radical (unpaired) electrons. The van der Waals surface area contributed by atoms with E-state index in [1.807, 2.05) is 6.07 Å². The molecule has 1 N–H and O–H groups in total. The topological polar surface area (TPSA) is 94.2 Å². The number of aromatic nitrogens is 2. The summed E-state index contributed by atoms with van der Waals surface area (Å²) in [7, 11) is 0. The molecule has 7 nitrogen and oxygen atoms in total. The Bertz CT molecular complexity index is 1350. The molecule has 0 aliphatic heterocycles. The number of ketones is 1. The first-order valence-corrected chi connectivity index (χ1v) is 11.8. The molecule has 4 aromatic rings. The quantitative estimate of drug-likeness (QED) is 0.225. The second kappa shape index (κ2) is 9.72. The Morgan fingerprint density at radius 1 is 1.25 bits per heavy atom. The van der Waals surface area contributed by atoms with Gasteiger partial charge in [0.05, 0.1) is 40.9 Å². The zero-order valence-corrected chi connectivity index (χ0v) is 19.4. The zero-order chi connectivity index (χ0) is 22.7. The van der Waals surface area contributed by atoms with Crippen molar-refractivity contribution in [1.29, 1.82) is 0 Å². The van der Waals surface area contributed by atoms with Gasteiger partial charge in [-0.3, -0.25) is 19.0 Å². The molecular weight excluding hydrogens is 470 g/mol. The van der Waals surface area contributed by atoms with Crippen LogP contribution in [0.25, 0.3) is 10.9 Å². The van der Waals surface area contributed by atoms with Gasteiger partial charge in [-0.05, 0) is 42.5 Å². The highest BCUT2D eigenvalue weighted by molar-refractivity contribution is 7.99. The lowest BCUT2D eigenvalue weighted by atomic mass is 10.2. The minimum absolute atomic E-state index is 0.0842. The summed E-state index contributed by atoms with van der Waals surface area (Å²) in [4.78, 5) is 43.0. The molecule has 1 aromatic carbocycles. The number of amides is 1. The van der Waals surface area contributed by atoms with Gasteiger partial charge >= 0.3 is 0 Å². The van der Waals surface area contributed by atoms with Crippen molar-refractivity contribution < 1.29 is 14.0 Å². The van der Waals surface area contributed by atoms with Crippen molar-refractivity contribution in [2.75, 3.05) is 5.75 Å². The molecular formula is C22H18ClN3O4S2. The molecule has 4 rings (SSSR count). The lowest BCUT2D eigenvalue weighted by Crippen LogP contribution is -2.24. The van der Waals surface area contributed by atoms with Crippen LogP contribution in [0.3, 0.4) is 0 Å². The number of nitrogens with zero attached hydrogens (tertiary/aromatic N) is 2. The Morgan fingerprint density at radius 3 is 2.84 bits per heavy atom. The maximum absolute atomic E-state index is 13.1. The van der Waals surface area contributed by atoms with Crippen molar-refractivity contribution in [2.45, 2.75) is 25.2 Å². The van der Waals surface area contributed by atoms with Gasteiger partial charge in [0.1, 0.15) is 5.76 Å². The standard InChI is InChI=1S/C22H18ClN3O4S2/c1-13(27)24-10-16-5-7-20(32-16)19(28)12-31-22-25-18-9-14(23)4-6-17(18)21(29)26(22)11-15-3-2-8-30-15/h2-9H,10-12H2,1H3,(H,24,27). The third-order valence-electron chi connectivity index (χ3n) is 4.56. The van der Waals surface area contributed by atoms with Crippen LogP contribution >= 0.6 is 34.7 Å². The maximum atomic E-state index is 13.1. The van der Waals surface area contributed by atoms with Gasteiger partial charge < -0.3 is 9.73 Å². The first-order valence-electron chi connectivity index (χ1n) is 9.62. The predicted molar refractivity (Wildman–Crippen MR) is 126 cm³/mol. The summed E-state index contributed by atoms with van der Waals surface area (Å²) in [6.45, 7) is 2.03. The Balaban J connectivity index is 1.59. The predicted octanol–water partition coefficient (Wildman–Crippen LogP) is 4.36. The van der Waals surface area contributed by atoms with Gasteiger partial charge in [-0.25, -0.2) is 4.98 Å². The van der Waals surface area contributed by atoms with Crippen molar-refractivity contribution in [3.8, 4) is 0 Å². The van der Waals surface area contributed by atoms with Crippen LogP contribution in [0.15, 0.2) is 63.1 Å². The Hall–Kier alpha value is -2.88. The van der Waals surface area contributed by atoms with E-state index < -0.39 is 0 Å². The minimum atomic E-state index is -0.230. The summed E-state index contributed by atoms with van der Waals surface area (Å²) < 4.78 is 6.91. The second-order valence-electron chi connectivity index (χ2n) is 6.91. The van der Waals surface area contributed by atoms with Crippen LogP contribution in [0.1, 0.15) is 27.2 Å². The number of benzene rings is 1. The van der Waals surface area contributed by atoms with E-state index >= 15 is 0 Å². The van der Waals surface area contributed by atoms with Crippen molar-refractivity contribution in [2.24, 2.45) is 0 Å². The molecule has 3 heterocycles. The van der Waals surface area contributed by atoms with Crippen LogP contribution < -0.4 is 10.9 Å². The maximum Gasteiger partial charge on any atom is 0.262 e. The van der Waals surface area contributed by atoms with E-state index in [4.69, 9.17) is 16.0 Å². The summed E-state index contributed by atoms with van der Waals surface area (Å²) in [6.07, 6.45) is 1.54. The largest absolute Gasteiger partial charge is 0.467 e. The lowest BCUT2D eigenvalue weighted by molar-refractivity contribution is -0.119. The average Bonchev–Trinajstić information content (AvgIpc) is 3.44. The number of rotatable bonds is 8. The van der Waals surface area contributed by atoms with E-state index in [0.29, 0.717) is 38.3 Å². The van der Waals surface area contributed by atoms with Gasteiger partial charge in [0, 0.05) is 16.8 Å². The molecule has 164 valence electrons. The molecule has 1 amide bonds. The average molecular weight is 488 g/mol. The van der Waals surface area contributed by atoms with E-state index in [9.17, 15) is 14.4 Å². The first-order chi connectivity index (χ1) is 15.4. The Kier molecular flexibility index (Phi) is 6.78. The fourth-order valence-electron chi connectivity index (χ4n) is 3.02. The van der Waals surface area contributed by atoms with E-state index in [1.54, 1.807) is 42.7 Å². The fraction of sp³-hybridized carbons (Fsp3) is 0.182. The van der Waals surface area contributed by atoms with Gasteiger partial charge in [-0.2, -0.15) is 0 Å². The SMILES string of the molecule is CC(=O)NCc1ccc(C(=O)CSc2nc3cc(Cl)ccc3c(=O)n2Cc2ccco2)s1.